The second kappa shape index (κ2) is 3.44. The maximum Gasteiger partial charge on any atom is 0.186 e. The molecule has 0 atom stereocenters. The molecule has 13 heavy (non-hydrogen) atoms. The van der Waals surface area contributed by atoms with Gasteiger partial charge in [-0.2, -0.15) is 0 Å². The Bertz CT molecular complexity index is 306. The fourth-order valence-electron chi connectivity index (χ4n) is 1.36. The maximum absolute atomic E-state index is 13.3. The molecule has 2 nitrogen and oxygen atoms in total. The topological polar surface area (TPSA) is 18.5 Å². The van der Waals surface area contributed by atoms with E-state index in [-0.39, 0.29) is 5.82 Å². The minimum absolute atomic E-state index is 0.257. The van der Waals surface area contributed by atoms with Crippen LogP contribution in [0.25, 0.3) is 0 Å². The van der Waals surface area contributed by atoms with Gasteiger partial charge in [-0.15, -0.1) is 0 Å². The summed E-state index contributed by atoms with van der Waals surface area (Å²) in [6.07, 6.45) is -0.513. The highest BCUT2D eigenvalue weighted by molar-refractivity contribution is 5.24. The third-order valence-corrected chi connectivity index (χ3v) is 2.03. The van der Waals surface area contributed by atoms with E-state index in [9.17, 15) is 4.39 Å². The van der Waals surface area contributed by atoms with E-state index in [0.29, 0.717) is 18.8 Å². The molecule has 1 aromatic rings. The van der Waals surface area contributed by atoms with Gasteiger partial charge in [-0.05, 0) is 18.6 Å². The lowest BCUT2D eigenvalue weighted by molar-refractivity contribution is -0.0464. The Morgan fingerprint density at radius 3 is 2.62 bits per heavy atom. The molecule has 1 fully saturated rings. The summed E-state index contributed by atoms with van der Waals surface area (Å²) < 4.78 is 23.7. The number of hydrogen-bond donors (Lipinski definition) is 0. The molecule has 0 spiro atoms. The van der Waals surface area contributed by atoms with Gasteiger partial charge in [-0.25, -0.2) is 4.39 Å². The number of aryl methyl sites for hydroxylation is 1. The number of ether oxygens (including phenoxy) is 2. The average molecular weight is 182 g/mol. The number of benzene rings is 1. The Morgan fingerprint density at radius 2 is 2.00 bits per heavy atom. The monoisotopic (exact) mass is 182 g/mol. The molecule has 3 heteroatoms. The van der Waals surface area contributed by atoms with Gasteiger partial charge >= 0.3 is 0 Å². The van der Waals surface area contributed by atoms with E-state index in [1.165, 1.54) is 6.07 Å². The Kier molecular flexibility index (Phi) is 2.29. The minimum Gasteiger partial charge on any atom is -0.346 e. The Morgan fingerprint density at radius 1 is 1.31 bits per heavy atom. The average Bonchev–Trinajstić information content (AvgIpc) is 2.56. The number of halogens is 1. The van der Waals surface area contributed by atoms with Gasteiger partial charge in [0, 0.05) is 5.56 Å². The van der Waals surface area contributed by atoms with Crippen LogP contribution in [0.1, 0.15) is 17.4 Å². The van der Waals surface area contributed by atoms with Crippen LogP contribution in [0.15, 0.2) is 18.2 Å². The van der Waals surface area contributed by atoms with Gasteiger partial charge in [0.25, 0.3) is 0 Å². The lowest BCUT2D eigenvalue weighted by atomic mass is 10.1. The normalized spacial score (nSPS) is 18.0. The van der Waals surface area contributed by atoms with Gasteiger partial charge in [0.1, 0.15) is 5.82 Å². The first-order valence-electron chi connectivity index (χ1n) is 4.26. The summed E-state index contributed by atoms with van der Waals surface area (Å²) in [5.41, 5.74) is 1.39. The second-order valence-electron chi connectivity index (χ2n) is 3.10. The summed E-state index contributed by atoms with van der Waals surface area (Å²) in [5, 5.41) is 0. The van der Waals surface area contributed by atoms with Crippen LogP contribution in [-0.2, 0) is 9.47 Å². The Labute approximate surface area is 76.3 Å². The molecule has 0 N–H and O–H groups in total. The smallest absolute Gasteiger partial charge is 0.186 e. The maximum atomic E-state index is 13.3. The third-order valence-electron chi connectivity index (χ3n) is 2.03. The molecule has 0 saturated carbocycles. The highest BCUT2D eigenvalue weighted by atomic mass is 19.1. The molecule has 70 valence electrons. The Hall–Kier alpha value is -0.930. The van der Waals surface area contributed by atoms with Gasteiger partial charge in [0.2, 0.25) is 0 Å². The molecule has 1 aliphatic heterocycles. The van der Waals surface area contributed by atoms with E-state index < -0.39 is 6.29 Å². The van der Waals surface area contributed by atoms with E-state index in [1.807, 2.05) is 13.0 Å². The van der Waals surface area contributed by atoms with E-state index in [1.54, 1.807) is 6.07 Å². The number of rotatable bonds is 1. The van der Waals surface area contributed by atoms with Crippen LogP contribution >= 0.6 is 0 Å². The summed E-state index contributed by atoms with van der Waals surface area (Å²) >= 11 is 0. The zero-order chi connectivity index (χ0) is 9.26. The minimum atomic E-state index is -0.513. The zero-order valence-electron chi connectivity index (χ0n) is 7.42. The van der Waals surface area contributed by atoms with Crippen LogP contribution in [-0.4, -0.2) is 13.2 Å². The van der Waals surface area contributed by atoms with Crippen molar-refractivity contribution >= 4 is 0 Å². The standard InChI is InChI=1S/C10H11FO2/c1-7-2-3-8(9(11)6-7)10-12-4-5-13-10/h2-3,6,10H,4-5H2,1H3. The Balaban J connectivity index is 2.29. The SMILES string of the molecule is Cc1ccc(C2OCCO2)c(F)c1. The van der Waals surface area contributed by atoms with Crippen LogP contribution in [0.2, 0.25) is 0 Å². The van der Waals surface area contributed by atoms with Crippen molar-refractivity contribution in [1.29, 1.82) is 0 Å². The van der Waals surface area contributed by atoms with Crippen molar-refractivity contribution in [2.24, 2.45) is 0 Å². The molecule has 0 aromatic heterocycles. The lowest BCUT2D eigenvalue weighted by Crippen LogP contribution is -2.01. The van der Waals surface area contributed by atoms with Crippen LogP contribution in [0, 0.1) is 12.7 Å². The molecule has 0 amide bonds. The lowest BCUT2D eigenvalue weighted by Gasteiger charge is -2.10. The summed E-state index contributed by atoms with van der Waals surface area (Å²) in [5.74, 6) is -0.257. The molecule has 1 aromatic carbocycles. The second-order valence-corrected chi connectivity index (χ2v) is 3.10. The van der Waals surface area contributed by atoms with Crippen molar-refractivity contribution in [2.45, 2.75) is 13.2 Å². The first-order valence-corrected chi connectivity index (χ1v) is 4.26. The van der Waals surface area contributed by atoms with Crippen molar-refractivity contribution in [2.75, 3.05) is 13.2 Å². The molecule has 0 aliphatic carbocycles. The van der Waals surface area contributed by atoms with Gasteiger partial charge in [-0.1, -0.05) is 12.1 Å². The first-order chi connectivity index (χ1) is 6.27. The molecule has 1 saturated heterocycles. The van der Waals surface area contributed by atoms with Gasteiger partial charge in [0.15, 0.2) is 6.29 Å². The van der Waals surface area contributed by atoms with Crippen molar-refractivity contribution in [1.82, 2.24) is 0 Å². The molecule has 2 rings (SSSR count). The fraction of sp³-hybridized carbons (Fsp3) is 0.400. The van der Waals surface area contributed by atoms with Crippen LogP contribution in [0.5, 0.6) is 0 Å². The molecular weight excluding hydrogens is 171 g/mol. The van der Waals surface area contributed by atoms with Crippen LogP contribution in [0.3, 0.4) is 0 Å². The summed E-state index contributed by atoms with van der Waals surface area (Å²) in [7, 11) is 0. The van der Waals surface area contributed by atoms with Crippen molar-refractivity contribution < 1.29 is 13.9 Å². The quantitative estimate of drug-likeness (QED) is 0.662. The summed E-state index contributed by atoms with van der Waals surface area (Å²) in [6.45, 7) is 2.93. The number of hydrogen-bond acceptors (Lipinski definition) is 2. The molecule has 1 aliphatic rings. The van der Waals surface area contributed by atoms with E-state index in [0.717, 1.165) is 5.56 Å². The first kappa shape index (κ1) is 8.66. The molecule has 0 bridgehead atoms. The van der Waals surface area contributed by atoms with E-state index in [4.69, 9.17) is 9.47 Å². The highest BCUT2D eigenvalue weighted by Gasteiger charge is 2.21. The predicted molar refractivity (Wildman–Crippen MR) is 45.8 cm³/mol. The van der Waals surface area contributed by atoms with Gasteiger partial charge in [-0.3, -0.25) is 0 Å². The van der Waals surface area contributed by atoms with E-state index in [2.05, 4.69) is 0 Å². The van der Waals surface area contributed by atoms with Crippen LogP contribution < -0.4 is 0 Å². The molecule has 1 heterocycles. The highest BCUT2D eigenvalue weighted by Crippen LogP contribution is 2.25. The zero-order valence-corrected chi connectivity index (χ0v) is 7.42. The van der Waals surface area contributed by atoms with Gasteiger partial charge in [0.05, 0.1) is 13.2 Å². The van der Waals surface area contributed by atoms with Crippen molar-refractivity contribution in [3.63, 3.8) is 0 Å². The third kappa shape index (κ3) is 1.71. The predicted octanol–water partition coefficient (Wildman–Crippen LogP) is 2.18. The molecule has 0 radical (unpaired) electrons. The van der Waals surface area contributed by atoms with Crippen molar-refractivity contribution in [3.8, 4) is 0 Å². The van der Waals surface area contributed by atoms with E-state index >= 15 is 0 Å². The fourth-order valence-corrected chi connectivity index (χ4v) is 1.36. The summed E-state index contributed by atoms with van der Waals surface area (Å²) in [6, 6.07) is 5.05. The summed E-state index contributed by atoms with van der Waals surface area (Å²) in [4.78, 5) is 0. The van der Waals surface area contributed by atoms with Gasteiger partial charge < -0.3 is 9.47 Å². The van der Waals surface area contributed by atoms with Crippen LogP contribution in [0.4, 0.5) is 4.39 Å². The van der Waals surface area contributed by atoms with Crippen molar-refractivity contribution in [3.05, 3.63) is 35.1 Å². The molecule has 0 unspecified atom stereocenters. The largest absolute Gasteiger partial charge is 0.346 e. The molecular formula is C10H11FO2.